The summed E-state index contributed by atoms with van der Waals surface area (Å²) in [6.45, 7) is 3.19. The Labute approximate surface area is 162 Å². The first-order valence-electron chi connectivity index (χ1n) is 8.73. The van der Waals surface area contributed by atoms with E-state index in [1.807, 2.05) is 0 Å². The van der Waals surface area contributed by atoms with Gasteiger partial charge in [-0.3, -0.25) is 4.79 Å². The molecule has 0 spiro atoms. The van der Waals surface area contributed by atoms with E-state index in [0.717, 1.165) is 31.0 Å². The maximum atomic E-state index is 12.7. The summed E-state index contributed by atoms with van der Waals surface area (Å²) < 4.78 is 37.2. The fourth-order valence-electron chi connectivity index (χ4n) is 2.73. The Morgan fingerprint density at radius 2 is 1.89 bits per heavy atom. The van der Waals surface area contributed by atoms with Crippen LogP contribution in [0.2, 0.25) is 0 Å². The van der Waals surface area contributed by atoms with Gasteiger partial charge < -0.3 is 9.15 Å². The van der Waals surface area contributed by atoms with Crippen molar-refractivity contribution in [3.63, 3.8) is 0 Å². The summed E-state index contributed by atoms with van der Waals surface area (Å²) in [5.74, 6) is 0.000434. The second-order valence-electron chi connectivity index (χ2n) is 5.96. The topological polar surface area (TPSA) is 103 Å². The monoisotopic (exact) mass is 411 g/mol. The van der Waals surface area contributed by atoms with Crippen molar-refractivity contribution in [2.75, 3.05) is 25.4 Å². The molecule has 0 saturated carbocycles. The molecular formula is C17H21N3O5S2. The van der Waals surface area contributed by atoms with Crippen molar-refractivity contribution in [3.8, 4) is 11.5 Å². The van der Waals surface area contributed by atoms with E-state index in [4.69, 9.17) is 9.15 Å². The summed E-state index contributed by atoms with van der Waals surface area (Å²) in [6, 6.07) is 6.39. The van der Waals surface area contributed by atoms with Gasteiger partial charge in [-0.15, -0.1) is 10.2 Å². The van der Waals surface area contributed by atoms with E-state index >= 15 is 0 Å². The van der Waals surface area contributed by atoms with E-state index in [2.05, 4.69) is 10.2 Å². The zero-order valence-electron chi connectivity index (χ0n) is 15.0. The van der Waals surface area contributed by atoms with Crippen LogP contribution < -0.4 is 0 Å². The molecule has 1 aliphatic heterocycles. The van der Waals surface area contributed by atoms with Crippen LogP contribution in [0.5, 0.6) is 0 Å². The number of hydrogen-bond donors (Lipinski definition) is 0. The molecule has 0 atom stereocenters. The van der Waals surface area contributed by atoms with Crippen LogP contribution in [-0.2, 0) is 19.6 Å². The Hall–Kier alpha value is -1.91. The third kappa shape index (κ3) is 4.88. The van der Waals surface area contributed by atoms with Crippen LogP contribution in [0.3, 0.4) is 0 Å². The average molecular weight is 412 g/mol. The molecule has 3 rings (SSSR count). The molecule has 0 bridgehead atoms. The first-order valence-corrected chi connectivity index (χ1v) is 11.2. The Kier molecular flexibility index (Phi) is 6.51. The maximum Gasteiger partial charge on any atom is 0.316 e. The van der Waals surface area contributed by atoms with Crippen LogP contribution in [0.4, 0.5) is 0 Å². The number of piperidine rings is 1. The Bertz CT molecular complexity index is 874. The fourth-order valence-corrected chi connectivity index (χ4v) is 4.81. The number of thioether (sulfide) groups is 1. The van der Waals surface area contributed by atoms with E-state index in [1.54, 1.807) is 31.2 Å². The summed E-state index contributed by atoms with van der Waals surface area (Å²) in [5.41, 5.74) is 0.614. The molecule has 27 heavy (non-hydrogen) atoms. The molecule has 1 saturated heterocycles. The van der Waals surface area contributed by atoms with Gasteiger partial charge in [0.2, 0.25) is 15.9 Å². The number of carbonyl (C=O) groups is 1. The zero-order valence-corrected chi connectivity index (χ0v) is 16.6. The number of aromatic nitrogens is 2. The molecule has 0 radical (unpaired) electrons. The first-order chi connectivity index (χ1) is 13.0. The number of carbonyl (C=O) groups excluding carboxylic acids is 1. The molecule has 0 unspecified atom stereocenters. The third-order valence-electron chi connectivity index (χ3n) is 4.08. The molecule has 0 N–H and O–H groups in total. The standard InChI is InChI=1S/C17H21N3O5S2/c1-2-24-15(21)12-26-17-19-18-16(25-17)13-6-8-14(9-7-13)27(22,23)20-10-4-3-5-11-20/h6-9H,2-5,10-12H2,1H3. The molecular weight excluding hydrogens is 390 g/mol. The highest BCUT2D eigenvalue weighted by Crippen LogP contribution is 2.26. The van der Waals surface area contributed by atoms with Crippen molar-refractivity contribution in [3.05, 3.63) is 24.3 Å². The van der Waals surface area contributed by atoms with Crippen molar-refractivity contribution >= 4 is 27.8 Å². The summed E-state index contributed by atoms with van der Waals surface area (Å²) in [7, 11) is -3.47. The van der Waals surface area contributed by atoms with Crippen LogP contribution in [0.1, 0.15) is 26.2 Å². The van der Waals surface area contributed by atoms with Gasteiger partial charge in [-0.05, 0) is 44.0 Å². The number of nitrogens with zero attached hydrogens (tertiary/aromatic N) is 3. The van der Waals surface area contributed by atoms with Gasteiger partial charge in [0.15, 0.2) is 0 Å². The van der Waals surface area contributed by atoms with Gasteiger partial charge in [-0.2, -0.15) is 4.31 Å². The van der Waals surface area contributed by atoms with Crippen LogP contribution in [-0.4, -0.2) is 54.3 Å². The highest BCUT2D eigenvalue weighted by Gasteiger charge is 2.26. The van der Waals surface area contributed by atoms with Crippen molar-refractivity contribution in [1.29, 1.82) is 0 Å². The predicted molar refractivity (Wildman–Crippen MR) is 99.7 cm³/mol. The van der Waals surface area contributed by atoms with Crippen LogP contribution in [0, 0.1) is 0 Å². The number of sulfonamides is 1. The van der Waals surface area contributed by atoms with Gasteiger partial charge in [0.25, 0.3) is 5.22 Å². The number of esters is 1. The fraction of sp³-hybridized carbons (Fsp3) is 0.471. The minimum absolute atomic E-state index is 0.0858. The molecule has 1 fully saturated rings. The van der Waals surface area contributed by atoms with Gasteiger partial charge in [0, 0.05) is 18.7 Å². The lowest BCUT2D eigenvalue weighted by atomic mass is 10.2. The lowest BCUT2D eigenvalue weighted by Crippen LogP contribution is -2.35. The summed E-state index contributed by atoms with van der Waals surface area (Å²) in [6.07, 6.45) is 2.86. The van der Waals surface area contributed by atoms with E-state index in [0.29, 0.717) is 25.3 Å². The maximum absolute atomic E-state index is 12.7. The SMILES string of the molecule is CCOC(=O)CSc1nnc(-c2ccc(S(=O)(=O)N3CCCCC3)cc2)o1. The number of rotatable bonds is 7. The van der Waals surface area contributed by atoms with E-state index in [9.17, 15) is 13.2 Å². The van der Waals surface area contributed by atoms with Gasteiger partial charge >= 0.3 is 5.97 Å². The quantitative estimate of drug-likeness (QED) is 0.506. The normalized spacial score (nSPS) is 15.6. The van der Waals surface area contributed by atoms with Crippen molar-refractivity contribution in [2.24, 2.45) is 0 Å². The smallest absolute Gasteiger partial charge is 0.316 e. The minimum atomic E-state index is -3.47. The summed E-state index contributed by atoms with van der Waals surface area (Å²) in [4.78, 5) is 11.6. The Morgan fingerprint density at radius 1 is 1.19 bits per heavy atom. The molecule has 1 aliphatic rings. The van der Waals surface area contributed by atoms with Crippen LogP contribution in [0.25, 0.3) is 11.5 Å². The largest absolute Gasteiger partial charge is 0.465 e. The molecule has 8 nitrogen and oxygen atoms in total. The highest BCUT2D eigenvalue weighted by molar-refractivity contribution is 7.99. The molecule has 10 heteroatoms. The van der Waals surface area contributed by atoms with E-state index in [-0.39, 0.29) is 27.7 Å². The van der Waals surface area contributed by atoms with Crippen LogP contribution in [0.15, 0.2) is 38.8 Å². The van der Waals surface area contributed by atoms with Gasteiger partial charge in [-0.25, -0.2) is 8.42 Å². The summed E-state index contributed by atoms with van der Waals surface area (Å²) >= 11 is 1.09. The average Bonchev–Trinajstić information content (AvgIpc) is 3.16. The van der Waals surface area contributed by atoms with Gasteiger partial charge in [0.05, 0.1) is 11.5 Å². The van der Waals surface area contributed by atoms with Crippen LogP contribution >= 0.6 is 11.8 Å². The van der Waals surface area contributed by atoms with Crippen molar-refractivity contribution in [1.82, 2.24) is 14.5 Å². The number of benzene rings is 1. The Balaban J connectivity index is 1.68. The zero-order chi connectivity index (χ0) is 19.3. The van der Waals surface area contributed by atoms with E-state index in [1.165, 1.54) is 4.31 Å². The van der Waals surface area contributed by atoms with Gasteiger partial charge in [0.1, 0.15) is 5.75 Å². The predicted octanol–water partition coefficient (Wildman–Crippen LogP) is 2.57. The molecule has 1 aromatic carbocycles. The van der Waals surface area contributed by atoms with Gasteiger partial charge in [-0.1, -0.05) is 18.2 Å². The molecule has 0 aliphatic carbocycles. The molecule has 146 valence electrons. The first kappa shape index (κ1) is 19.8. The molecule has 1 aromatic heterocycles. The highest BCUT2D eigenvalue weighted by atomic mass is 32.2. The minimum Gasteiger partial charge on any atom is -0.465 e. The van der Waals surface area contributed by atoms with Crippen molar-refractivity contribution in [2.45, 2.75) is 36.3 Å². The third-order valence-corrected chi connectivity index (χ3v) is 6.78. The lowest BCUT2D eigenvalue weighted by molar-refractivity contribution is -0.139. The second kappa shape index (κ2) is 8.85. The summed E-state index contributed by atoms with van der Waals surface area (Å²) in [5, 5.41) is 8.08. The molecule has 2 aromatic rings. The van der Waals surface area contributed by atoms with E-state index < -0.39 is 10.0 Å². The molecule has 2 heterocycles. The molecule has 0 amide bonds. The number of hydrogen-bond acceptors (Lipinski definition) is 8. The lowest BCUT2D eigenvalue weighted by Gasteiger charge is -2.25. The second-order valence-corrected chi connectivity index (χ2v) is 8.82. The number of ether oxygens (including phenoxy) is 1. The Morgan fingerprint density at radius 3 is 2.56 bits per heavy atom. The van der Waals surface area contributed by atoms with Crippen molar-refractivity contribution < 1.29 is 22.4 Å².